The lowest BCUT2D eigenvalue weighted by molar-refractivity contribution is 0.0991. The summed E-state index contributed by atoms with van der Waals surface area (Å²) in [7, 11) is -3.89. The van der Waals surface area contributed by atoms with Gasteiger partial charge in [-0.15, -0.1) is 11.3 Å². The van der Waals surface area contributed by atoms with E-state index in [-0.39, 0.29) is 17.4 Å². The van der Waals surface area contributed by atoms with Gasteiger partial charge in [-0.2, -0.15) is 0 Å². The van der Waals surface area contributed by atoms with E-state index in [4.69, 9.17) is 8.83 Å². The molecule has 0 aromatic carbocycles. The predicted octanol–water partition coefficient (Wildman–Crippen LogP) is 2.37. The zero-order chi connectivity index (χ0) is 17.2. The van der Waals surface area contributed by atoms with Crippen LogP contribution < -0.4 is 10.0 Å². The third kappa shape index (κ3) is 3.72. The van der Waals surface area contributed by atoms with Crippen molar-refractivity contribution in [1.82, 2.24) is 9.71 Å². The molecule has 0 bridgehead atoms. The normalized spacial score (nSPS) is 11.5. The summed E-state index contributed by atoms with van der Waals surface area (Å²) < 4.78 is 36.8. The summed E-state index contributed by atoms with van der Waals surface area (Å²) in [6.45, 7) is 1.78. The van der Waals surface area contributed by atoms with Gasteiger partial charge in [0.2, 0.25) is 5.09 Å². The maximum atomic E-state index is 12.1. The molecule has 0 unspecified atom stereocenters. The van der Waals surface area contributed by atoms with Crippen molar-refractivity contribution in [2.45, 2.75) is 18.6 Å². The quantitative estimate of drug-likeness (QED) is 0.691. The summed E-state index contributed by atoms with van der Waals surface area (Å²) in [4.78, 5) is 16.1. The monoisotopic (exact) mass is 367 g/mol. The van der Waals surface area contributed by atoms with Crippen LogP contribution in [0.15, 0.2) is 49.8 Å². The molecule has 0 saturated carbocycles. The highest BCUT2D eigenvalue weighted by atomic mass is 32.2. The molecule has 2 N–H and O–H groups in total. The van der Waals surface area contributed by atoms with Crippen molar-refractivity contribution in [3.8, 4) is 0 Å². The van der Waals surface area contributed by atoms with E-state index in [9.17, 15) is 13.2 Å². The van der Waals surface area contributed by atoms with Crippen molar-refractivity contribution in [2.24, 2.45) is 0 Å². The first-order chi connectivity index (χ1) is 11.4. The fourth-order valence-electron chi connectivity index (χ4n) is 1.81. The first-order valence-corrected chi connectivity index (χ1v) is 9.16. The largest absolute Gasteiger partial charge is 0.468 e. The number of anilines is 1. The average Bonchev–Trinajstić information content (AvgIpc) is 3.27. The molecule has 0 radical (unpaired) electrons. The summed E-state index contributed by atoms with van der Waals surface area (Å²) in [5.74, 6) is -0.236. The topological polar surface area (TPSA) is 114 Å². The lowest BCUT2D eigenvalue weighted by Gasteiger charge is -2.02. The van der Waals surface area contributed by atoms with Crippen molar-refractivity contribution < 1.29 is 22.0 Å². The fraction of sp³-hybridized carbons (Fsp3) is 0.143. The van der Waals surface area contributed by atoms with Gasteiger partial charge in [0.25, 0.3) is 15.9 Å². The molecule has 3 heterocycles. The number of furan rings is 2. The van der Waals surface area contributed by atoms with E-state index in [1.54, 1.807) is 24.4 Å². The van der Waals surface area contributed by atoms with Gasteiger partial charge in [0, 0.05) is 5.38 Å². The van der Waals surface area contributed by atoms with Gasteiger partial charge in [-0.25, -0.2) is 18.1 Å². The number of carbonyl (C=O) groups excluding carboxylic acids is 1. The Morgan fingerprint density at radius 3 is 2.83 bits per heavy atom. The maximum absolute atomic E-state index is 12.1. The Labute approximate surface area is 141 Å². The molecule has 0 aliphatic rings. The minimum Gasteiger partial charge on any atom is -0.468 e. The molecule has 24 heavy (non-hydrogen) atoms. The molecule has 3 aromatic heterocycles. The average molecular weight is 367 g/mol. The molecular formula is C14H13N3O5S2. The molecule has 126 valence electrons. The Morgan fingerprint density at radius 1 is 1.33 bits per heavy atom. The van der Waals surface area contributed by atoms with Crippen LogP contribution in [-0.2, 0) is 16.6 Å². The summed E-state index contributed by atoms with van der Waals surface area (Å²) in [6.07, 6.45) is 1.44. The minimum atomic E-state index is -3.89. The van der Waals surface area contributed by atoms with Crippen LogP contribution in [0.4, 0.5) is 5.13 Å². The second-order valence-corrected chi connectivity index (χ2v) is 7.33. The van der Waals surface area contributed by atoms with Gasteiger partial charge in [0.15, 0.2) is 10.9 Å². The van der Waals surface area contributed by atoms with E-state index in [2.05, 4.69) is 15.0 Å². The van der Waals surface area contributed by atoms with Gasteiger partial charge in [0.05, 0.1) is 18.5 Å². The van der Waals surface area contributed by atoms with Gasteiger partial charge >= 0.3 is 0 Å². The van der Waals surface area contributed by atoms with E-state index >= 15 is 0 Å². The molecule has 1 amide bonds. The molecule has 0 fully saturated rings. The highest BCUT2D eigenvalue weighted by molar-refractivity contribution is 7.89. The van der Waals surface area contributed by atoms with Crippen LogP contribution in [0.2, 0.25) is 0 Å². The number of hydrogen-bond donors (Lipinski definition) is 2. The molecule has 0 spiro atoms. The minimum absolute atomic E-state index is 0.0179. The van der Waals surface area contributed by atoms with Crippen LogP contribution in [0.1, 0.15) is 22.0 Å². The molecule has 0 atom stereocenters. The van der Waals surface area contributed by atoms with Crippen LogP contribution in [-0.4, -0.2) is 19.3 Å². The Kier molecular flexibility index (Phi) is 4.51. The molecule has 10 heteroatoms. The van der Waals surface area contributed by atoms with Crippen molar-refractivity contribution in [1.29, 1.82) is 0 Å². The Balaban J connectivity index is 1.68. The maximum Gasteiger partial charge on any atom is 0.293 e. The highest BCUT2D eigenvalue weighted by Gasteiger charge is 2.21. The van der Waals surface area contributed by atoms with Crippen LogP contribution in [0.3, 0.4) is 0 Å². The van der Waals surface area contributed by atoms with Gasteiger partial charge in [-0.05, 0) is 31.2 Å². The number of rotatable bonds is 6. The predicted molar refractivity (Wildman–Crippen MR) is 86.2 cm³/mol. The van der Waals surface area contributed by atoms with E-state index in [1.165, 1.54) is 29.7 Å². The van der Waals surface area contributed by atoms with E-state index in [0.717, 1.165) is 5.69 Å². The number of carbonyl (C=O) groups is 1. The zero-order valence-corrected chi connectivity index (χ0v) is 14.1. The Bertz CT molecular complexity index is 941. The van der Waals surface area contributed by atoms with Crippen molar-refractivity contribution >= 4 is 32.4 Å². The van der Waals surface area contributed by atoms with E-state index in [1.807, 2.05) is 0 Å². The number of hydrogen-bond acceptors (Lipinski definition) is 7. The first-order valence-electron chi connectivity index (χ1n) is 6.79. The van der Waals surface area contributed by atoms with Crippen LogP contribution in [0, 0.1) is 6.92 Å². The number of aromatic nitrogens is 1. The third-order valence-electron chi connectivity index (χ3n) is 2.93. The van der Waals surface area contributed by atoms with Crippen molar-refractivity contribution in [3.63, 3.8) is 0 Å². The third-order valence-corrected chi connectivity index (χ3v) is 5.08. The lowest BCUT2D eigenvalue weighted by Crippen LogP contribution is -2.22. The SMILES string of the molecule is Cc1csc(NC(=O)c2ccc(S(=O)(=O)NCc3ccco3)o2)n1. The smallest absolute Gasteiger partial charge is 0.293 e. The lowest BCUT2D eigenvalue weighted by atomic mass is 10.4. The number of sulfonamides is 1. The van der Waals surface area contributed by atoms with Crippen molar-refractivity contribution in [2.75, 3.05) is 5.32 Å². The molecule has 0 aliphatic carbocycles. The number of amides is 1. The van der Waals surface area contributed by atoms with E-state index < -0.39 is 15.9 Å². The number of nitrogens with zero attached hydrogens (tertiary/aromatic N) is 1. The van der Waals surface area contributed by atoms with Gasteiger partial charge in [-0.1, -0.05) is 0 Å². The van der Waals surface area contributed by atoms with Gasteiger partial charge in [-0.3, -0.25) is 10.1 Å². The number of thiazole rings is 1. The second-order valence-electron chi connectivity index (χ2n) is 4.77. The zero-order valence-electron chi connectivity index (χ0n) is 12.5. The van der Waals surface area contributed by atoms with Crippen LogP contribution in [0.25, 0.3) is 0 Å². The first kappa shape index (κ1) is 16.4. The summed E-state index contributed by atoms with van der Waals surface area (Å²) in [5, 5.41) is 4.39. The standard InChI is InChI=1S/C14H13N3O5S2/c1-9-8-23-14(16-9)17-13(18)11-4-5-12(22-11)24(19,20)15-7-10-3-2-6-21-10/h2-6,8,15H,7H2,1H3,(H,16,17,18). The molecule has 0 saturated heterocycles. The Morgan fingerprint density at radius 2 is 2.17 bits per heavy atom. The second kappa shape index (κ2) is 6.59. The molecule has 3 aromatic rings. The van der Waals surface area contributed by atoms with Crippen molar-refractivity contribution in [3.05, 3.63) is 53.1 Å². The highest BCUT2D eigenvalue weighted by Crippen LogP contribution is 2.18. The molecular weight excluding hydrogens is 354 g/mol. The number of aryl methyl sites for hydroxylation is 1. The summed E-state index contributed by atoms with van der Waals surface area (Å²) in [6, 6.07) is 5.79. The van der Waals surface area contributed by atoms with Crippen LogP contribution >= 0.6 is 11.3 Å². The van der Waals surface area contributed by atoms with Gasteiger partial charge in [0.1, 0.15) is 5.76 Å². The fourth-order valence-corrected chi connectivity index (χ4v) is 3.41. The molecule has 3 rings (SSSR count). The van der Waals surface area contributed by atoms with E-state index in [0.29, 0.717) is 10.9 Å². The number of nitrogens with one attached hydrogen (secondary N) is 2. The summed E-state index contributed by atoms with van der Waals surface area (Å²) >= 11 is 1.27. The summed E-state index contributed by atoms with van der Waals surface area (Å²) in [5.41, 5.74) is 0.778. The molecule has 0 aliphatic heterocycles. The van der Waals surface area contributed by atoms with Crippen LogP contribution in [0.5, 0.6) is 0 Å². The Hall–Kier alpha value is -2.43. The molecule has 8 nitrogen and oxygen atoms in total. The van der Waals surface area contributed by atoms with Gasteiger partial charge < -0.3 is 8.83 Å².